The molecule has 0 saturated carbocycles. The number of carboxylic acid groups (broad SMARTS) is 1. The maximum absolute atomic E-state index is 12.3. The van der Waals surface area contributed by atoms with Crippen LogP contribution in [0.1, 0.15) is 16.8 Å². The summed E-state index contributed by atoms with van der Waals surface area (Å²) in [7, 11) is 0. The first-order valence-corrected chi connectivity index (χ1v) is 6.33. The predicted octanol–water partition coefficient (Wildman–Crippen LogP) is 1.65. The minimum atomic E-state index is -1.16. The number of likely N-dealkylation sites (tertiary alicyclic amines) is 1. The second kappa shape index (κ2) is 5.36. The van der Waals surface area contributed by atoms with Crippen LogP contribution in [0.5, 0.6) is 0 Å². The van der Waals surface area contributed by atoms with Gasteiger partial charge in [0.2, 0.25) is 0 Å². The van der Waals surface area contributed by atoms with Gasteiger partial charge in [0.25, 0.3) is 5.91 Å². The van der Waals surface area contributed by atoms with E-state index < -0.39 is 24.0 Å². The third kappa shape index (κ3) is 2.68. The summed E-state index contributed by atoms with van der Waals surface area (Å²) in [6, 6.07) is 3.54. The van der Waals surface area contributed by atoms with Crippen LogP contribution in [-0.2, 0) is 4.79 Å². The summed E-state index contributed by atoms with van der Waals surface area (Å²) in [4.78, 5) is 24.5. The molecule has 0 aliphatic carbocycles. The Morgan fingerprint density at radius 2 is 1.84 bits per heavy atom. The molecule has 0 spiro atoms. The second-order valence-electron chi connectivity index (χ2n) is 4.30. The van der Waals surface area contributed by atoms with Gasteiger partial charge in [0.05, 0.1) is 21.7 Å². The molecule has 1 aliphatic heterocycles. The Kier molecular flexibility index (Phi) is 3.99. The van der Waals surface area contributed by atoms with Gasteiger partial charge in [0.1, 0.15) is 6.04 Å². The van der Waals surface area contributed by atoms with Crippen molar-refractivity contribution in [1.29, 1.82) is 0 Å². The van der Waals surface area contributed by atoms with E-state index >= 15 is 0 Å². The molecule has 1 saturated heterocycles. The van der Waals surface area contributed by atoms with Gasteiger partial charge in [0.15, 0.2) is 0 Å². The molecule has 7 heteroatoms. The Bertz CT molecular complexity index is 514. The van der Waals surface area contributed by atoms with Crippen LogP contribution >= 0.6 is 23.2 Å². The second-order valence-corrected chi connectivity index (χ2v) is 5.11. The largest absolute Gasteiger partial charge is 0.480 e. The zero-order chi connectivity index (χ0) is 14.2. The highest BCUT2D eigenvalue weighted by Crippen LogP contribution is 2.29. The molecule has 1 aromatic rings. The average Bonchev–Trinajstić information content (AvgIpc) is 2.71. The number of aliphatic hydroxyl groups is 1. The molecule has 0 radical (unpaired) electrons. The summed E-state index contributed by atoms with van der Waals surface area (Å²) in [6.45, 7) is -0.0443. The Morgan fingerprint density at radius 3 is 2.37 bits per heavy atom. The van der Waals surface area contributed by atoms with E-state index in [0.29, 0.717) is 0 Å². The van der Waals surface area contributed by atoms with E-state index in [2.05, 4.69) is 0 Å². The van der Waals surface area contributed by atoms with Crippen molar-refractivity contribution >= 4 is 35.1 Å². The van der Waals surface area contributed by atoms with Gasteiger partial charge < -0.3 is 15.1 Å². The molecule has 1 amide bonds. The van der Waals surface area contributed by atoms with Crippen LogP contribution in [0.4, 0.5) is 0 Å². The molecule has 5 nitrogen and oxygen atoms in total. The Balaban J connectivity index is 2.36. The molecule has 2 rings (SSSR count). The molecule has 102 valence electrons. The third-order valence-corrected chi connectivity index (χ3v) is 3.63. The zero-order valence-corrected chi connectivity index (χ0v) is 11.2. The van der Waals surface area contributed by atoms with Crippen LogP contribution in [0.15, 0.2) is 18.2 Å². The minimum absolute atomic E-state index is 0.00312. The quantitative estimate of drug-likeness (QED) is 0.871. The van der Waals surface area contributed by atoms with E-state index in [4.69, 9.17) is 28.3 Å². The number of amides is 1. The van der Waals surface area contributed by atoms with Crippen molar-refractivity contribution in [3.63, 3.8) is 0 Å². The molecular formula is C12H11Cl2NO4. The van der Waals surface area contributed by atoms with Crippen molar-refractivity contribution in [3.8, 4) is 0 Å². The maximum atomic E-state index is 12.3. The summed E-state index contributed by atoms with van der Waals surface area (Å²) in [5.74, 6) is -1.74. The number of carbonyl (C=O) groups is 2. The van der Waals surface area contributed by atoms with E-state index in [9.17, 15) is 14.7 Å². The first-order valence-electron chi connectivity index (χ1n) is 5.57. The molecule has 1 aromatic carbocycles. The van der Waals surface area contributed by atoms with E-state index in [1.54, 1.807) is 6.07 Å². The normalized spacial score (nSPS) is 22.6. The molecule has 1 aliphatic rings. The SMILES string of the molecule is O=C(O)C1CC(O)CN1C(=O)c1c(Cl)cccc1Cl. The minimum Gasteiger partial charge on any atom is -0.480 e. The number of carboxylic acids is 1. The number of benzene rings is 1. The van der Waals surface area contributed by atoms with Crippen molar-refractivity contribution in [2.45, 2.75) is 18.6 Å². The summed E-state index contributed by atoms with van der Waals surface area (Å²) in [6.07, 6.45) is -0.852. The van der Waals surface area contributed by atoms with Crippen LogP contribution in [-0.4, -0.2) is 45.7 Å². The highest BCUT2D eigenvalue weighted by atomic mass is 35.5. The van der Waals surface area contributed by atoms with E-state index in [1.807, 2.05) is 0 Å². The summed E-state index contributed by atoms with van der Waals surface area (Å²) >= 11 is 11.8. The first kappa shape index (κ1) is 14.1. The van der Waals surface area contributed by atoms with Crippen molar-refractivity contribution in [2.75, 3.05) is 6.54 Å². The predicted molar refractivity (Wildman–Crippen MR) is 69.5 cm³/mol. The fourth-order valence-electron chi connectivity index (χ4n) is 2.12. The smallest absolute Gasteiger partial charge is 0.326 e. The van der Waals surface area contributed by atoms with Gasteiger partial charge in [0, 0.05) is 13.0 Å². The van der Waals surface area contributed by atoms with Crippen molar-refractivity contribution < 1.29 is 19.8 Å². The van der Waals surface area contributed by atoms with Gasteiger partial charge in [-0.3, -0.25) is 4.79 Å². The third-order valence-electron chi connectivity index (χ3n) is 3.00. The van der Waals surface area contributed by atoms with Crippen molar-refractivity contribution in [2.24, 2.45) is 0 Å². The summed E-state index contributed by atoms with van der Waals surface area (Å²) in [5.41, 5.74) is 0.0613. The van der Waals surface area contributed by atoms with Crippen LogP contribution in [0.2, 0.25) is 10.0 Å². The zero-order valence-electron chi connectivity index (χ0n) is 9.72. The monoisotopic (exact) mass is 303 g/mol. The number of halogens is 2. The highest BCUT2D eigenvalue weighted by Gasteiger charge is 2.40. The van der Waals surface area contributed by atoms with Gasteiger partial charge in [-0.15, -0.1) is 0 Å². The summed E-state index contributed by atoms with van der Waals surface area (Å²) < 4.78 is 0. The van der Waals surface area contributed by atoms with E-state index in [1.165, 1.54) is 12.1 Å². The number of rotatable bonds is 2. The molecular weight excluding hydrogens is 293 g/mol. The van der Waals surface area contributed by atoms with Crippen LogP contribution in [0, 0.1) is 0 Å². The van der Waals surface area contributed by atoms with Crippen LogP contribution in [0.3, 0.4) is 0 Å². The lowest BCUT2D eigenvalue weighted by Gasteiger charge is -2.22. The standard InChI is InChI=1S/C12H11Cl2NO4/c13-7-2-1-3-8(14)10(7)11(17)15-5-6(16)4-9(15)12(18)19/h1-3,6,9,16H,4-5H2,(H,18,19). The fourth-order valence-corrected chi connectivity index (χ4v) is 2.68. The number of aliphatic carboxylic acids is 1. The molecule has 1 heterocycles. The fraction of sp³-hybridized carbons (Fsp3) is 0.333. The number of nitrogens with zero attached hydrogens (tertiary/aromatic N) is 1. The van der Waals surface area contributed by atoms with Gasteiger partial charge >= 0.3 is 5.97 Å². The van der Waals surface area contributed by atoms with E-state index in [0.717, 1.165) is 4.90 Å². The lowest BCUT2D eigenvalue weighted by Crippen LogP contribution is -2.40. The average molecular weight is 304 g/mol. The number of β-amino-alcohol motifs (C(OH)–C–C–N with tert-alkyl or cyclic N) is 1. The Hall–Kier alpha value is -1.30. The van der Waals surface area contributed by atoms with Gasteiger partial charge in [-0.1, -0.05) is 29.3 Å². The molecule has 2 unspecified atom stereocenters. The number of carbonyl (C=O) groups excluding carboxylic acids is 1. The Morgan fingerprint density at radius 1 is 1.26 bits per heavy atom. The molecule has 2 atom stereocenters. The lowest BCUT2D eigenvalue weighted by atomic mass is 10.1. The van der Waals surface area contributed by atoms with Crippen molar-refractivity contribution in [3.05, 3.63) is 33.8 Å². The van der Waals surface area contributed by atoms with E-state index in [-0.39, 0.29) is 28.6 Å². The number of aliphatic hydroxyl groups excluding tert-OH is 1. The first-order chi connectivity index (χ1) is 8.91. The lowest BCUT2D eigenvalue weighted by molar-refractivity contribution is -0.141. The van der Waals surface area contributed by atoms with Gasteiger partial charge in [-0.25, -0.2) is 4.79 Å². The van der Waals surface area contributed by atoms with Crippen LogP contribution < -0.4 is 0 Å². The highest BCUT2D eigenvalue weighted by molar-refractivity contribution is 6.39. The Labute approximate surface area is 119 Å². The topological polar surface area (TPSA) is 77.8 Å². The van der Waals surface area contributed by atoms with Gasteiger partial charge in [-0.05, 0) is 12.1 Å². The maximum Gasteiger partial charge on any atom is 0.326 e. The molecule has 2 N–H and O–H groups in total. The van der Waals surface area contributed by atoms with Crippen molar-refractivity contribution in [1.82, 2.24) is 4.90 Å². The molecule has 0 aromatic heterocycles. The van der Waals surface area contributed by atoms with Crippen LogP contribution in [0.25, 0.3) is 0 Å². The summed E-state index contributed by atoms with van der Waals surface area (Å²) in [5, 5.41) is 18.9. The number of hydrogen-bond acceptors (Lipinski definition) is 3. The van der Waals surface area contributed by atoms with Gasteiger partial charge in [-0.2, -0.15) is 0 Å². The number of hydrogen-bond donors (Lipinski definition) is 2. The molecule has 1 fully saturated rings. The molecule has 19 heavy (non-hydrogen) atoms. The molecule has 0 bridgehead atoms.